The van der Waals surface area contributed by atoms with Gasteiger partial charge < -0.3 is 35.0 Å². The van der Waals surface area contributed by atoms with Crippen molar-refractivity contribution in [3.8, 4) is 5.75 Å². The second-order valence-electron chi connectivity index (χ2n) is 4.98. The van der Waals surface area contributed by atoms with Crippen molar-refractivity contribution >= 4 is 0 Å². The number of aromatic hydroxyl groups is 1. The first-order valence-corrected chi connectivity index (χ1v) is 6.73. The summed E-state index contributed by atoms with van der Waals surface area (Å²) in [5.74, 6) is 0.175. The Bertz CT molecular complexity index is 433. The molecule has 5 atom stereocenters. The highest BCUT2D eigenvalue weighted by Gasteiger charge is 2.43. The van der Waals surface area contributed by atoms with Crippen LogP contribution < -0.4 is 0 Å². The first kappa shape index (κ1) is 16.2. The molecule has 0 amide bonds. The highest BCUT2D eigenvalue weighted by Crippen LogP contribution is 2.22. The summed E-state index contributed by atoms with van der Waals surface area (Å²) in [5.41, 5.74) is 0.928. The first-order chi connectivity index (χ1) is 10.0. The van der Waals surface area contributed by atoms with E-state index in [0.717, 1.165) is 5.56 Å². The van der Waals surface area contributed by atoms with Gasteiger partial charge in [-0.05, 0) is 24.1 Å². The lowest BCUT2D eigenvalue weighted by Crippen LogP contribution is -2.59. The van der Waals surface area contributed by atoms with Gasteiger partial charge in [-0.1, -0.05) is 12.1 Å². The van der Waals surface area contributed by atoms with Gasteiger partial charge in [-0.3, -0.25) is 0 Å². The van der Waals surface area contributed by atoms with Crippen molar-refractivity contribution in [2.24, 2.45) is 0 Å². The Hall–Kier alpha value is -1.22. The molecule has 1 aromatic carbocycles. The van der Waals surface area contributed by atoms with Gasteiger partial charge in [-0.15, -0.1) is 0 Å². The number of hydrogen-bond acceptors (Lipinski definition) is 7. The van der Waals surface area contributed by atoms with Gasteiger partial charge in [0.05, 0.1) is 13.2 Å². The molecule has 0 aliphatic carbocycles. The zero-order valence-corrected chi connectivity index (χ0v) is 11.4. The van der Waals surface area contributed by atoms with Crippen LogP contribution >= 0.6 is 0 Å². The minimum atomic E-state index is -1.44. The average Bonchev–Trinajstić information content (AvgIpc) is 2.49. The molecule has 0 unspecified atom stereocenters. The minimum absolute atomic E-state index is 0.175. The molecule has 0 radical (unpaired) electrons. The summed E-state index contributed by atoms with van der Waals surface area (Å²) in [6, 6.07) is 6.60. The SMILES string of the molecule is OC[C@@H]1O[C@@H](OCCc2ccc(O)cc2)[C@@H](O)[C@H](O)[C@H]1O. The average molecular weight is 300 g/mol. The molecule has 0 spiro atoms. The van der Waals surface area contributed by atoms with Crippen LogP contribution in [-0.2, 0) is 15.9 Å². The fourth-order valence-corrected chi connectivity index (χ4v) is 2.16. The lowest BCUT2D eigenvalue weighted by molar-refractivity contribution is -0.300. The number of phenols is 1. The molecule has 0 saturated carbocycles. The van der Waals surface area contributed by atoms with E-state index in [2.05, 4.69) is 0 Å². The number of hydrogen-bond donors (Lipinski definition) is 5. The van der Waals surface area contributed by atoms with E-state index in [1.54, 1.807) is 24.3 Å². The monoisotopic (exact) mass is 300 g/mol. The standard InChI is InChI=1S/C14H20O7/c15-7-10-11(17)12(18)13(19)14(21-10)20-6-5-8-1-3-9(16)4-2-8/h1-4,10-19H,5-7H2/t10-,11-,12+,13-,14+/m0/s1. The van der Waals surface area contributed by atoms with Gasteiger partial charge in [0.15, 0.2) is 6.29 Å². The third-order valence-electron chi connectivity index (χ3n) is 3.46. The van der Waals surface area contributed by atoms with Gasteiger partial charge in [0.2, 0.25) is 0 Å². The van der Waals surface area contributed by atoms with Crippen LogP contribution in [0.2, 0.25) is 0 Å². The molecule has 0 bridgehead atoms. The van der Waals surface area contributed by atoms with E-state index in [0.29, 0.717) is 6.42 Å². The highest BCUT2D eigenvalue weighted by atomic mass is 16.7. The molecule has 1 aromatic rings. The first-order valence-electron chi connectivity index (χ1n) is 6.73. The molecule has 1 heterocycles. The second-order valence-corrected chi connectivity index (χ2v) is 4.98. The molecule has 7 heteroatoms. The lowest BCUT2D eigenvalue weighted by atomic mass is 9.99. The molecule has 21 heavy (non-hydrogen) atoms. The molecular weight excluding hydrogens is 280 g/mol. The molecule has 118 valence electrons. The van der Waals surface area contributed by atoms with Crippen molar-refractivity contribution in [3.63, 3.8) is 0 Å². The maximum absolute atomic E-state index is 9.78. The summed E-state index contributed by atoms with van der Waals surface area (Å²) in [4.78, 5) is 0. The Kier molecular flexibility index (Phi) is 5.51. The maximum Gasteiger partial charge on any atom is 0.186 e. The smallest absolute Gasteiger partial charge is 0.186 e. The summed E-state index contributed by atoms with van der Waals surface area (Å²) < 4.78 is 10.6. The number of rotatable bonds is 5. The Balaban J connectivity index is 1.85. The maximum atomic E-state index is 9.78. The summed E-state index contributed by atoms with van der Waals surface area (Å²) in [6.45, 7) is -0.268. The summed E-state index contributed by atoms with van der Waals surface area (Å²) in [7, 11) is 0. The number of ether oxygens (including phenoxy) is 2. The van der Waals surface area contributed by atoms with Crippen molar-refractivity contribution in [2.75, 3.05) is 13.2 Å². The van der Waals surface area contributed by atoms with Crippen LogP contribution in [0.15, 0.2) is 24.3 Å². The Morgan fingerprint density at radius 3 is 2.29 bits per heavy atom. The fraction of sp³-hybridized carbons (Fsp3) is 0.571. The highest BCUT2D eigenvalue weighted by molar-refractivity contribution is 5.25. The minimum Gasteiger partial charge on any atom is -0.508 e. The second kappa shape index (κ2) is 7.17. The van der Waals surface area contributed by atoms with E-state index < -0.39 is 37.3 Å². The van der Waals surface area contributed by atoms with Crippen LogP contribution in [0.5, 0.6) is 5.75 Å². The van der Waals surface area contributed by atoms with Gasteiger partial charge in [-0.2, -0.15) is 0 Å². The van der Waals surface area contributed by atoms with Crippen LogP contribution in [0.4, 0.5) is 0 Å². The topological polar surface area (TPSA) is 120 Å². The molecule has 1 fully saturated rings. The fourth-order valence-electron chi connectivity index (χ4n) is 2.16. The van der Waals surface area contributed by atoms with Gasteiger partial charge in [0.1, 0.15) is 30.2 Å². The van der Waals surface area contributed by atoms with E-state index in [1.807, 2.05) is 0 Å². The van der Waals surface area contributed by atoms with Gasteiger partial charge in [0, 0.05) is 0 Å². The Morgan fingerprint density at radius 2 is 1.67 bits per heavy atom. The van der Waals surface area contributed by atoms with Gasteiger partial charge in [0.25, 0.3) is 0 Å². The zero-order valence-electron chi connectivity index (χ0n) is 11.4. The quantitative estimate of drug-likeness (QED) is 0.461. The molecule has 0 aromatic heterocycles. The zero-order chi connectivity index (χ0) is 15.4. The summed E-state index contributed by atoms with van der Waals surface area (Å²) >= 11 is 0. The predicted octanol–water partition coefficient (Wildman–Crippen LogP) is -1.25. The van der Waals surface area contributed by atoms with Crippen molar-refractivity contribution in [3.05, 3.63) is 29.8 Å². The van der Waals surface area contributed by atoms with Crippen LogP contribution in [0.1, 0.15) is 5.56 Å². The van der Waals surface area contributed by atoms with Gasteiger partial charge >= 0.3 is 0 Å². The molecule has 2 rings (SSSR count). The summed E-state index contributed by atoms with van der Waals surface area (Å²) in [5, 5.41) is 47.3. The number of aliphatic hydroxyl groups is 4. The molecular formula is C14H20O7. The van der Waals surface area contributed by atoms with Crippen LogP contribution in [-0.4, -0.2) is 69.5 Å². The third-order valence-corrected chi connectivity index (χ3v) is 3.46. The lowest BCUT2D eigenvalue weighted by Gasteiger charge is -2.39. The molecule has 1 aliphatic heterocycles. The van der Waals surface area contributed by atoms with E-state index in [9.17, 15) is 20.4 Å². The van der Waals surface area contributed by atoms with Crippen molar-refractivity contribution in [1.82, 2.24) is 0 Å². The van der Waals surface area contributed by atoms with E-state index in [4.69, 9.17) is 14.6 Å². The third kappa shape index (κ3) is 3.91. The number of aliphatic hydroxyl groups excluding tert-OH is 4. The molecule has 1 aliphatic rings. The molecule has 5 N–H and O–H groups in total. The Morgan fingerprint density at radius 1 is 1.00 bits per heavy atom. The number of phenolic OH excluding ortho intramolecular Hbond substituents is 1. The van der Waals surface area contributed by atoms with E-state index in [1.165, 1.54) is 0 Å². The van der Waals surface area contributed by atoms with E-state index in [-0.39, 0.29) is 12.4 Å². The van der Waals surface area contributed by atoms with Crippen molar-refractivity contribution in [2.45, 2.75) is 37.1 Å². The normalized spacial score (nSPS) is 33.0. The van der Waals surface area contributed by atoms with Crippen molar-refractivity contribution < 1.29 is 35.0 Å². The van der Waals surface area contributed by atoms with Gasteiger partial charge in [-0.25, -0.2) is 0 Å². The van der Waals surface area contributed by atoms with Crippen LogP contribution in [0, 0.1) is 0 Å². The largest absolute Gasteiger partial charge is 0.508 e. The predicted molar refractivity (Wildman–Crippen MR) is 71.5 cm³/mol. The van der Waals surface area contributed by atoms with Crippen LogP contribution in [0.25, 0.3) is 0 Å². The van der Waals surface area contributed by atoms with E-state index >= 15 is 0 Å². The number of benzene rings is 1. The summed E-state index contributed by atoms with van der Waals surface area (Å²) in [6.07, 6.45) is -5.77. The molecule has 1 saturated heterocycles. The van der Waals surface area contributed by atoms with Crippen molar-refractivity contribution in [1.29, 1.82) is 0 Å². The Labute approximate surface area is 122 Å². The molecule has 7 nitrogen and oxygen atoms in total. The van der Waals surface area contributed by atoms with Crippen LogP contribution in [0.3, 0.4) is 0 Å².